The molecule has 3 aromatic rings. The third-order valence-corrected chi connectivity index (χ3v) is 5.51. The van der Waals surface area contributed by atoms with Crippen LogP contribution in [0.3, 0.4) is 0 Å². The van der Waals surface area contributed by atoms with Crippen LogP contribution in [0.2, 0.25) is 0 Å². The number of cyclic esters (lactones) is 1. The molecular weight excluding hydrogens is 352 g/mol. The first-order valence-corrected chi connectivity index (χ1v) is 10.0. The maximum absolute atomic E-state index is 12.1. The summed E-state index contributed by atoms with van der Waals surface area (Å²) in [7, 11) is -3.27. The second-order valence-corrected chi connectivity index (χ2v) is 8.18. The summed E-state index contributed by atoms with van der Waals surface area (Å²) in [5, 5.41) is 0. The van der Waals surface area contributed by atoms with E-state index in [1.807, 2.05) is 30.3 Å². The molecule has 0 unspecified atom stereocenters. The van der Waals surface area contributed by atoms with Gasteiger partial charge in [-0.2, -0.15) is 0 Å². The Bertz CT molecular complexity index is 1080. The number of sulfone groups is 1. The number of furan rings is 1. The zero-order chi connectivity index (χ0) is 18.3. The number of rotatable bonds is 3. The van der Waals surface area contributed by atoms with Crippen LogP contribution in [0.25, 0.3) is 22.5 Å². The molecule has 0 bridgehead atoms. The maximum Gasteiger partial charge on any atom is 0.374 e. The summed E-state index contributed by atoms with van der Waals surface area (Å²) in [6.07, 6.45) is 1.73. The molecule has 2 heterocycles. The van der Waals surface area contributed by atoms with Crippen molar-refractivity contribution >= 4 is 15.8 Å². The Morgan fingerprint density at radius 2 is 1.58 bits per heavy atom. The molecule has 1 aliphatic heterocycles. The Kier molecular flexibility index (Phi) is 3.92. The highest BCUT2D eigenvalue weighted by Gasteiger charge is 2.30. The van der Waals surface area contributed by atoms with E-state index in [9.17, 15) is 13.2 Å². The molecule has 0 spiro atoms. The molecule has 0 aliphatic carbocycles. The molecule has 132 valence electrons. The van der Waals surface area contributed by atoms with E-state index in [4.69, 9.17) is 9.15 Å². The van der Waals surface area contributed by atoms with Crippen molar-refractivity contribution in [3.63, 3.8) is 0 Å². The number of carbonyl (C=O) groups is 1. The fourth-order valence-electron chi connectivity index (χ4n) is 3.15. The number of benzene rings is 2. The summed E-state index contributed by atoms with van der Waals surface area (Å²) in [5.74, 6) is 0.335. The Morgan fingerprint density at radius 3 is 2.23 bits per heavy atom. The molecule has 0 fully saturated rings. The van der Waals surface area contributed by atoms with Gasteiger partial charge in [-0.1, -0.05) is 42.5 Å². The van der Waals surface area contributed by atoms with Crippen LogP contribution in [0.15, 0.2) is 63.9 Å². The fraction of sp³-hybridized carbons (Fsp3) is 0.150. The molecule has 1 aromatic heterocycles. The molecule has 5 nitrogen and oxygen atoms in total. The monoisotopic (exact) mass is 368 g/mol. The van der Waals surface area contributed by atoms with Gasteiger partial charge in [-0.3, -0.25) is 0 Å². The lowest BCUT2D eigenvalue weighted by Gasteiger charge is -2.12. The second-order valence-electron chi connectivity index (χ2n) is 6.16. The van der Waals surface area contributed by atoms with Gasteiger partial charge < -0.3 is 9.15 Å². The molecule has 6 heteroatoms. The molecule has 0 amide bonds. The minimum Gasteiger partial charge on any atom is -0.459 e. The molecule has 0 saturated carbocycles. The van der Waals surface area contributed by atoms with E-state index in [-0.39, 0.29) is 10.7 Å². The first-order valence-electron chi connectivity index (χ1n) is 8.14. The number of hydrogen-bond donors (Lipinski definition) is 0. The van der Waals surface area contributed by atoms with Crippen molar-refractivity contribution < 1.29 is 22.4 Å². The molecular formula is C20H16O5S. The lowest BCUT2D eigenvalue weighted by molar-refractivity contribution is 0.0440. The van der Waals surface area contributed by atoms with Crippen LogP contribution in [0, 0.1) is 0 Å². The summed E-state index contributed by atoms with van der Waals surface area (Å²) in [6, 6.07) is 16.1. The standard InChI is InChI=1S/C20H16O5S/c1-26(22,23)15-9-7-13(8-10-15)17-16-11-12-24-20(21)19(16)25-18(17)14-5-3-2-4-6-14/h2-10H,11-12H2,1H3. The smallest absolute Gasteiger partial charge is 0.374 e. The van der Waals surface area contributed by atoms with Crippen LogP contribution in [0.5, 0.6) is 0 Å². The quantitative estimate of drug-likeness (QED) is 0.659. The lowest BCUT2D eigenvalue weighted by atomic mass is 9.95. The Labute approximate surface area is 151 Å². The highest BCUT2D eigenvalue weighted by molar-refractivity contribution is 7.90. The van der Waals surface area contributed by atoms with Gasteiger partial charge in [-0.25, -0.2) is 13.2 Å². The molecule has 0 N–H and O–H groups in total. The summed E-state index contributed by atoms with van der Waals surface area (Å²) in [5.41, 5.74) is 3.25. The average molecular weight is 368 g/mol. The summed E-state index contributed by atoms with van der Waals surface area (Å²) in [6.45, 7) is 0.300. The van der Waals surface area contributed by atoms with Gasteiger partial charge in [0.15, 0.2) is 9.84 Å². The first kappa shape index (κ1) is 16.6. The molecule has 0 atom stereocenters. The zero-order valence-electron chi connectivity index (χ0n) is 14.1. The van der Waals surface area contributed by atoms with Gasteiger partial charge in [-0.05, 0) is 17.7 Å². The second kappa shape index (κ2) is 6.14. The first-order chi connectivity index (χ1) is 12.4. The Balaban J connectivity index is 1.93. The molecule has 2 aromatic carbocycles. The molecule has 1 aliphatic rings. The van der Waals surface area contributed by atoms with Crippen LogP contribution in [-0.2, 0) is 21.0 Å². The summed E-state index contributed by atoms with van der Waals surface area (Å²) in [4.78, 5) is 12.4. The van der Waals surface area contributed by atoms with Crippen LogP contribution in [-0.4, -0.2) is 27.2 Å². The van der Waals surface area contributed by atoms with E-state index in [0.29, 0.717) is 18.8 Å². The molecule has 26 heavy (non-hydrogen) atoms. The Morgan fingerprint density at radius 1 is 0.885 bits per heavy atom. The largest absolute Gasteiger partial charge is 0.459 e. The zero-order valence-corrected chi connectivity index (χ0v) is 14.9. The van der Waals surface area contributed by atoms with E-state index in [1.165, 1.54) is 6.26 Å². The third kappa shape index (κ3) is 2.82. The van der Waals surface area contributed by atoms with Gasteiger partial charge in [0.2, 0.25) is 5.76 Å². The normalized spacial score (nSPS) is 14.0. The van der Waals surface area contributed by atoms with Crippen molar-refractivity contribution in [3.8, 4) is 22.5 Å². The number of carbonyl (C=O) groups excluding carboxylic acids is 1. The topological polar surface area (TPSA) is 73.6 Å². The SMILES string of the molecule is CS(=O)(=O)c1ccc(-c2c(-c3ccccc3)oc3c2CCOC3=O)cc1. The summed E-state index contributed by atoms with van der Waals surface area (Å²) < 4.78 is 34.4. The third-order valence-electron chi connectivity index (χ3n) is 4.38. The van der Waals surface area contributed by atoms with E-state index in [2.05, 4.69) is 0 Å². The van der Waals surface area contributed by atoms with Crippen LogP contribution < -0.4 is 0 Å². The highest BCUT2D eigenvalue weighted by atomic mass is 32.2. The van der Waals surface area contributed by atoms with Gasteiger partial charge in [-0.15, -0.1) is 0 Å². The van der Waals surface area contributed by atoms with Crippen molar-refractivity contribution in [1.82, 2.24) is 0 Å². The predicted molar refractivity (Wildman–Crippen MR) is 96.7 cm³/mol. The van der Waals surface area contributed by atoms with Crippen molar-refractivity contribution in [2.45, 2.75) is 11.3 Å². The van der Waals surface area contributed by atoms with Crippen molar-refractivity contribution in [3.05, 3.63) is 65.9 Å². The van der Waals surface area contributed by atoms with Crippen molar-refractivity contribution in [2.24, 2.45) is 0 Å². The average Bonchev–Trinajstić information content (AvgIpc) is 3.03. The predicted octanol–water partition coefficient (Wildman–Crippen LogP) is 3.73. The fourth-order valence-corrected chi connectivity index (χ4v) is 3.78. The van der Waals surface area contributed by atoms with Crippen molar-refractivity contribution in [2.75, 3.05) is 12.9 Å². The van der Waals surface area contributed by atoms with Gasteiger partial charge in [0.25, 0.3) is 0 Å². The van der Waals surface area contributed by atoms with Crippen LogP contribution in [0.4, 0.5) is 0 Å². The van der Waals surface area contributed by atoms with Gasteiger partial charge in [0.05, 0.1) is 11.5 Å². The van der Waals surface area contributed by atoms with E-state index in [1.54, 1.807) is 24.3 Å². The van der Waals surface area contributed by atoms with Gasteiger partial charge in [0.1, 0.15) is 5.76 Å². The van der Waals surface area contributed by atoms with E-state index >= 15 is 0 Å². The lowest BCUT2D eigenvalue weighted by Crippen LogP contribution is -2.16. The van der Waals surface area contributed by atoms with Gasteiger partial charge in [0, 0.05) is 29.4 Å². The van der Waals surface area contributed by atoms with Crippen LogP contribution >= 0.6 is 0 Å². The molecule has 0 saturated heterocycles. The number of ether oxygens (including phenoxy) is 1. The minimum absolute atomic E-state index is 0.220. The van der Waals surface area contributed by atoms with Gasteiger partial charge >= 0.3 is 5.97 Å². The molecule has 0 radical (unpaired) electrons. The van der Waals surface area contributed by atoms with Crippen LogP contribution in [0.1, 0.15) is 16.1 Å². The van der Waals surface area contributed by atoms with Crippen molar-refractivity contribution in [1.29, 1.82) is 0 Å². The number of esters is 1. The summed E-state index contributed by atoms with van der Waals surface area (Å²) >= 11 is 0. The highest BCUT2D eigenvalue weighted by Crippen LogP contribution is 2.41. The van der Waals surface area contributed by atoms with E-state index in [0.717, 1.165) is 22.3 Å². The number of hydrogen-bond acceptors (Lipinski definition) is 5. The minimum atomic E-state index is -3.27. The molecule has 4 rings (SSSR count). The maximum atomic E-state index is 12.1. The number of fused-ring (bicyclic) bond motifs is 1. The Hall–Kier alpha value is -2.86. The van der Waals surface area contributed by atoms with E-state index < -0.39 is 15.8 Å².